The van der Waals surface area contributed by atoms with Crippen molar-refractivity contribution in [2.75, 3.05) is 39.8 Å². The van der Waals surface area contributed by atoms with E-state index in [9.17, 15) is 8.78 Å². The summed E-state index contributed by atoms with van der Waals surface area (Å²) in [7, 11) is 2.07. The molecule has 1 aliphatic rings. The Morgan fingerprint density at radius 1 is 1.21 bits per heavy atom. The maximum atomic E-state index is 13.9. The summed E-state index contributed by atoms with van der Waals surface area (Å²) in [4.78, 5) is 4.40. The number of hydrogen-bond donors (Lipinski definition) is 1. The zero-order valence-electron chi connectivity index (χ0n) is 11.3. The molecule has 19 heavy (non-hydrogen) atoms. The predicted molar refractivity (Wildman–Crippen MR) is 71.8 cm³/mol. The third kappa shape index (κ3) is 3.29. The number of likely N-dealkylation sites (N-methyl/N-ethyl adjacent to an activating group) is 1. The molecule has 5 heteroatoms. The highest BCUT2D eigenvalue weighted by Crippen LogP contribution is 2.25. The van der Waals surface area contributed by atoms with Gasteiger partial charge in [-0.3, -0.25) is 4.90 Å². The summed E-state index contributed by atoms with van der Waals surface area (Å²) in [5.41, 5.74) is 6.16. The number of hydrogen-bond acceptors (Lipinski definition) is 3. The Kier molecular flexibility index (Phi) is 4.85. The summed E-state index contributed by atoms with van der Waals surface area (Å²) in [5.74, 6) is -1.57. The first-order valence-electron chi connectivity index (χ1n) is 6.70. The lowest BCUT2D eigenvalue weighted by atomic mass is 10.0. The van der Waals surface area contributed by atoms with Crippen LogP contribution in [0.2, 0.25) is 0 Å². The molecule has 2 rings (SSSR count). The van der Waals surface area contributed by atoms with Crippen molar-refractivity contribution in [1.29, 1.82) is 0 Å². The standard InChI is InChI=1S/C14H21F2N3/c1-18-6-3-7-19(9-8-18)13(10-17)11-4-2-5-12(15)14(11)16/h2,4-5,13H,3,6-10,17H2,1H3. The fourth-order valence-electron chi connectivity index (χ4n) is 2.63. The van der Waals surface area contributed by atoms with E-state index in [1.54, 1.807) is 12.1 Å². The molecule has 0 spiro atoms. The van der Waals surface area contributed by atoms with E-state index in [2.05, 4.69) is 16.8 Å². The molecule has 0 aliphatic carbocycles. The van der Waals surface area contributed by atoms with Crippen molar-refractivity contribution < 1.29 is 8.78 Å². The van der Waals surface area contributed by atoms with Crippen molar-refractivity contribution >= 4 is 0 Å². The molecule has 1 aliphatic heterocycles. The summed E-state index contributed by atoms with van der Waals surface area (Å²) >= 11 is 0. The van der Waals surface area contributed by atoms with Crippen molar-refractivity contribution in [3.05, 3.63) is 35.4 Å². The Bertz CT molecular complexity index is 425. The fraction of sp³-hybridized carbons (Fsp3) is 0.571. The Balaban J connectivity index is 2.21. The quantitative estimate of drug-likeness (QED) is 0.904. The molecule has 0 radical (unpaired) electrons. The van der Waals surface area contributed by atoms with Crippen LogP contribution in [0.1, 0.15) is 18.0 Å². The molecule has 1 unspecified atom stereocenters. The molecule has 1 aromatic rings. The number of nitrogens with zero attached hydrogens (tertiary/aromatic N) is 2. The first-order chi connectivity index (χ1) is 9.13. The lowest BCUT2D eigenvalue weighted by molar-refractivity contribution is 0.203. The smallest absolute Gasteiger partial charge is 0.163 e. The molecule has 1 fully saturated rings. The molecule has 0 amide bonds. The summed E-state index contributed by atoms with van der Waals surface area (Å²) in [6, 6.07) is 4.07. The van der Waals surface area contributed by atoms with Crippen LogP contribution in [0.4, 0.5) is 8.78 Å². The van der Waals surface area contributed by atoms with Gasteiger partial charge in [0, 0.05) is 31.7 Å². The highest BCUT2D eigenvalue weighted by molar-refractivity contribution is 5.23. The number of halogens is 2. The maximum Gasteiger partial charge on any atom is 0.163 e. The molecule has 1 aromatic carbocycles. The minimum absolute atomic E-state index is 0.248. The minimum Gasteiger partial charge on any atom is -0.329 e. The molecule has 1 saturated heterocycles. The molecule has 1 heterocycles. The van der Waals surface area contributed by atoms with Crippen LogP contribution in [0.15, 0.2) is 18.2 Å². The molecule has 0 bridgehead atoms. The van der Waals surface area contributed by atoms with Gasteiger partial charge in [0.25, 0.3) is 0 Å². The molecule has 2 N–H and O–H groups in total. The number of benzene rings is 1. The van der Waals surface area contributed by atoms with Crippen LogP contribution in [0.25, 0.3) is 0 Å². The van der Waals surface area contributed by atoms with Gasteiger partial charge in [0.2, 0.25) is 0 Å². The average Bonchev–Trinajstić information content (AvgIpc) is 2.61. The van der Waals surface area contributed by atoms with Crippen molar-refractivity contribution in [3.63, 3.8) is 0 Å². The van der Waals surface area contributed by atoms with Gasteiger partial charge in [-0.25, -0.2) is 8.78 Å². The first kappa shape index (κ1) is 14.4. The van der Waals surface area contributed by atoms with Crippen LogP contribution in [-0.4, -0.2) is 49.6 Å². The van der Waals surface area contributed by atoms with Gasteiger partial charge in [-0.05, 0) is 26.1 Å². The van der Waals surface area contributed by atoms with Crippen LogP contribution < -0.4 is 5.73 Å². The Labute approximate surface area is 113 Å². The van der Waals surface area contributed by atoms with Gasteiger partial charge in [0.15, 0.2) is 11.6 Å². The monoisotopic (exact) mass is 269 g/mol. The van der Waals surface area contributed by atoms with Crippen LogP contribution >= 0.6 is 0 Å². The van der Waals surface area contributed by atoms with Gasteiger partial charge in [0.05, 0.1) is 6.04 Å². The predicted octanol–water partition coefficient (Wildman–Crippen LogP) is 1.60. The lowest BCUT2D eigenvalue weighted by Crippen LogP contribution is -2.37. The third-order valence-corrected chi connectivity index (χ3v) is 3.76. The van der Waals surface area contributed by atoms with E-state index in [4.69, 9.17) is 5.73 Å². The summed E-state index contributed by atoms with van der Waals surface area (Å²) in [6.45, 7) is 3.94. The van der Waals surface area contributed by atoms with E-state index >= 15 is 0 Å². The average molecular weight is 269 g/mol. The van der Waals surface area contributed by atoms with Crippen molar-refractivity contribution in [1.82, 2.24) is 9.80 Å². The van der Waals surface area contributed by atoms with E-state index in [1.165, 1.54) is 0 Å². The highest BCUT2D eigenvalue weighted by Gasteiger charge is 2.24. The van der Waals surface area contributed by atoms with Crippen molar-refractivity contribution in [2.24, 2.45) is 5.73 Å². The van der Waals surface area contributed by atoms with E-state index < -0.39 is 11.6 Å². The molecule has 3 nitrogen and oxygen atoms in total. The van der Waals surface area contributed by atoms with Crippen LogP contribution in [0.3, 0.4) is 0 Å². The van der Waals surface area contributed by atoms with E-state index in [0.29, 0.717) is 12.1 Å². The summed E-state index contributed by atoms with van der Waals surface area (Å²) in [5, 5.41) is 0. The second-order valence-corrected chi connectivity index (χ2v) is 5.09. The molecular weight excluding hydrogens is 248 g/mol. The van der Waals surface area contributed by atoms with Crippen LogP contribution in [0, 0.1) is 11.6 Å². The number of rotatable bonds is 3. The van der Waals surface area contributed by atoms with Gasteiger partial charge in [-0.2, -0.15) is 0 Å². The van der Waals surface area contributed by atoms with Crippen molar-refractivity contribution in [2.45, 2.75) is 12.5 Å². The normalized spacial score (nSPS) is 20.2. The van der Waals surface area contributed by atoms with Gasteiger partial charge in [0.1, 0.15) is 0 Å². The second kappa shape index (κ2) is 6.41. The zero-order valence-corrected chi connectivity index (χ0v) is 11.3. The minimum atomic E-state index is -0.803. The Morgan fingerprint density at radius 3 is 2.74 bits per heavy atom. The van der Waals surface area contributed by atoms with Gasteiger partial charge in [-0.1, -0.05) is 12.1 Å². The van der Waals surface area contributed by atoms with Crippen molar-refractivity contribution in [3.8, 4) is 0 Å². The summed E-state index contributed by atoms with van der Waals surface area (Å²) in [6.07, 6.45) is 1.02. The van der Waals surface area contributed by atoms with E-state index in [1.807, 2.05) is 0 Å². The molecule has 1 atom stereocenters. The van der Waals surface area contributed by atoms with E-state index in [-0.39, 0.29) is 6.04 Å². The largest absolute Gasteiger partial charge is 0.329 e. The fourth-order valence-corrected chi connectivity index (χ4v) is 2.63. The van der Waals surface area contributed by atoms with Gasteiger partial charge in [-0.15, -0.1) is 0 Å². The van der Waals surface area contributed by atoms with Gasteiger partial charge < -0.3 is 10.6 Å². The van der Waals surface area contributed by atoms with Gasteiger partial charge >= 0.3 is 0 Å². The second-order valence-electron chi connectivity index (χ2n) is 5.09. The highest BCUT2D eigenvalue weighted by atomic mass is 19.2. The SMILES string of the molecule is CN1CCCN(C(CN)c2cccc(F)c2F)CC1. The topological polar surface area (TPSA) is 32.5 Å². The zero-order chi connectivity index (χ0) is 13.8. The summed E-state index contributed by atoms with van der Waals surface area (Å²) < 4.78 is 27.2. The molecular formula is C14H21F2N3. The molecule has 106 valence electrons. The van der Waals surface area contributed by atoms with E-state index in [0.717, 1.165) is 38.7 Å². The maximum absolute atomic E-state index is 13.9. The first-order valence-corrected chi connectivity index (χ1v) is 6.70. The number of nitrogens with two attached hydrogens (primary N) is 1. The Hall–Kier alpha value is -1.04. The van der Waals surface area contributed by atoms with Crippen LogP contribution in [-0.2, 0) is 0 Å². The van der Waals surface area contributed by atoms with Crippen LogP contribution in [0.5, 0.6) is 0 Å². The Morgan fingerprint density at radius 2 is 2.00 bits per heavy atom. The molecule has 0 saturated carbocycles. The molecule has 0 aromatic heterocycles. The third-order valence-electron chi connectivity index (χ3n) is 3.76. The lowest BCUT2D eigenvalue weighted by Gasteiger charge is -2.30.